The Labute approximate surface area is 190 Å². The minimum Gasteiger partial charge on any atom is -0.364 e. The van der Waals surface area contributed by atoms with Crippen molar-refractivity contribution >= 4 is 29.1 Å². The summed E-state index contributed by atoms with van der Waals surface area (Å²) in [5.41, 5.74) is 7.83. The van der Waals surface area contributed by atoms with Crippen LogP contribution < -0.4 is 21.5 Å². The summed E-state index contributed by atoms with van der Waals surface area (Å²) in [6, 6.07) is 12.8. The minimum absolute atomic E-state index is 0.0198. The molecule has 0 aromatic heterocycles. The van der Waals surface area contributed by atoms with E-state index in [2.05, 4.69) is 16.1 Å². The zero-order valence-corrected chi connectivity index (χ0v) is 18.2. The van der Waals surface area contributed by atoms with Gasteiger partial charge in [0.2, 0.25) is 5.70 Å². The standard InChI is InChI=1S/C22H22Cl2FN5O/c23-16-6-7-17(25)20(24)15(16)13-30-11-10-26-21-19(30)12-18(28-29-21)22(31)27-9-8-14-4-2-1-3-5-14/h1-7,12,26,28-29H,8-11,13H2,(H,27,31)/p+1. The molecule has 2 heterocycles. The Bertz CT molecular complexity index is 1040. The summed E-state index contributed by atoms with van der Waals surface area (Å²) in [4.78, 5) is 14.7. The van der Waals surface area contributed by atoms with Gasteiger partial charge in [0.15, 0.2) is 5.82 Å². The molecule has 31 heavy (non-hydrogen) atoms. The normalized spacial score (nSPS) is 15.6. The van der Waals surface area contributed by atoms with Gasteiger partial charge in [0.25, 0.3) is 0 Å². The third kappa shape index (κ3) is 4.95. The van der Waals surface area contributed by atoms with Crippen molar-refractivity contribution in [3.8, 4) is 0 Å². The molecule has 1 amide bonds. The van der Waals surface area contributed by atoms with E-state index in [9.17, 15) is 9.18 Å². The first-order valence-electron chi connectivity index (χ1n) is 10.0. The van der Waals surface area contributed by atoms with Gasteiger partial charge in [0.05, 0.1) is 10.7 Å². The third-order valence-corrected chi connectivity index (χ3v) is 6.00. The van der Waals surface area contributed by atoms with Crippen LogP contribution in [-0.4, -0.2) is 30.4 Å². The Balaban J connectivity index is 1.47. The number of hydrogen-bond acceptors (Lipinski definition) is 4. The van der Waals surface area contributed by atoms with Crippen molar-refractivity contribution in [1.29, 1.82) is 0 Å². The molecule has 6 nitrogen and oxygen atoms in total. The Kier molecular flexibility index (Phi) is 6.65. The molecule has 162 valence electrons. The van der Waals surface area contributed by atoms with Crippen molar-refractivity contribution in [2.75, 3.05) is 19.6 Å². The van der Waals surface area contributed by atoms with Crippen molar-refractivity contribution < 1.29 is 14.6 Å². The minimum atomic E-state index is -0.505. The van der Waals surface area contributed by atoms with Gasteiger partial charge in [-0.1, -0.05) is 53.5 Å². The molecule has 2 aromatic carbocycles. The Morgan fingerprint density at radius 1 is 1.19 bits per heavy atom. The molecule has 0 saturated heterocycles. The molecule has 0 saturated carbocycles. The van der Waals surface area contributed by atoms with E-state index in [1.54, 1.807) is 5.43 Å². The number of allylic oxidation sites excluding steroid dienone is 1. The molecule has 0 atom stereocenters. The van der Waals surface area contributed by atoms with Crippen LogP contribution in [0.5, 0.6) is 0 Å². The van der Waals surface area contributed by atoms with Gasteiger partial charge in [0.1, 0.15) is 5.82 Å². The first-order valence-corrected chi connectivity index (χ1v) is 10.8. The highest BCUT2D eigenvalue weighted by molar-refractivity contribution is 6.36. The average molecular weight is 463 g/mol. The maximum absolute atomic E-state index is 13.9. The largest absolute Gasteiger partial charge is 0.364 e. The van der Waals surface area contributed by atoms with E-state index in [4.69, 9.17) is 23.2 Å². The number of benzene rings is 2. The van der Waals surface area contributed by atoms with Crippen LogP contribution in [0.1, 0.15) is 11.1 Å². The molecule has 0 unspecified atom stereocenters. The van der Waals surface area contributed by atoms with Gasteiger partial charge in [-0.05, 0) is 24.1 Å². The second kappa shape index (κ2) is 9.60. The molecule has 2 aliphatic rings. The SMILES string of the molecule is O=C(NCCc1ccccc1)C1=CC2=C(NCCN2Cc2c(Cl)ccc(F)c2Cl)N[NH2+]1. The van der Waals surface area contributed by atoms with Crippen molar-refractivity contribution in [3.63, 3.8) is 0 Å². The number of quaternary nitrogens is 1. The predicted octanol–water partition coefficient (Wildman–Crippen LogP) is 2.03. The van der Waals surface area contributed by atoms with Crippen LogP contribution in [0.4, 0.5) is 4.39 Å². The number of nitrogens with two attached hydrogens (primary N) is 1. The molecule has 0 bridgehead atoms. The van der Waals surface area contributed by atoms with Crippen LogP contribution in [0.3, 0.4) is 0 Å². The number of carbonyl (C=O) groups is 1. The van der Waals surface area contributed by atoms with Crippen LogP contribution in [0.25, 0.3) is 0 Å². The van der Waals surface area contributed by atoms with Crippen LogP contribution in [0.2, 0.25) is 10.0 Å². The van der Waals surface area contributed by atoms with Gasteiger partial charge in [-0.15, -0.1) is 0 Å². The van der Waals surface area contributed by atoms with Gasteiger partial charge >= 0.3 is 5.91 Å². The second-order valence-corrected chi connectivity index (χ2v) is 8.10. The van der Waals surface area contributed by atoms with Gasteiger partial charge in [-0.25, -0.2) is 15.2 Å². The molecule has 5 N–H and O–H groups in total. The molecular weight excluding hydrogens is 440 g/mol. The van der Waals surface area contributed by atoms with E-state index in [1.807, 2.05) is 41.3 Å². The lowest BCUT2D eigenvalue weighted by Gasteiger charge is -2.35. The fourth-order valence-corrected chi connectivity index (χ4v) is 4.07. The smallest absolute Gasteiger partial charge is 0.307 e. The lowest BCUT2D eigenvalue weighted by molar-refractivity contribution is -0.656. The summed E-state index contributed by atoms with van der Waals surface area (Å²) in [7, 11) is 0. The monoisotopic (exact) mass is 462 g/mol. The van der Waals surface area contributed by atoms with Crippen LogP contribution >= 0.6 is 23.2 Å². The van der Waals surface area contributed by atoms with Crippen molar-refractivity contribution in [2.45, 2.75) is 13.0 Å². The maximum Gasteiger partial charge on any atom is 0.307 e. The molecule has 0 fully saturated rings. The van der Waals surface area contributed by atoms with E-state index < -0.39 is 5.82 Å². The molecular formula is C22H23Cl2FN5O+. The number of rotatable bonds is 6. The summed E-state index contributed by atoms with van der Waals surface area (Å²) < 4.78 is 13.9. The molecule has 2 aliphatic heterocycles. The zero-order chi connectivity index (χ0) is 21.8. The third-order valence-electron chi connectivity index (χ3n) is 5.24. The highest BCUT2D eigenvalue weighted by Gasteiger charge is 2.28. The molecule has 9 heteroatoms. The number of nitrogens with one attached hydrogen (secondary N) is 3. The number of halogens is 3. The van der Waals surface area contributed by atoms with E-state index in [0.29, 0.717) is 42.5 Å². The van der Waals surface area contributed by atoms with Gasteiger partial charge in [0, 0.05) is 42.8 Å². The van der Waals surface area contributed by atoms with Crippen LogP contribution in [0.15, 0.2) is 65.8 Å². The molecule has 0 radical (unpaired) electrons. The number of hydrogen-bond donors (Lipinski definition) is 4. The molecule has 0 spiro atoms. The fraction of sp³-hybridized carbons (Fsp3) is 0.227. The molecule has 2 aromatic rings. The summed E-state index contributed by atoms with van der Waals surface area (Å²) in [5, 5.41) is 6.66. The summed E-state index contributed by atoms with van der Waals surface area (Å²) >= 11 is 12.4. The van der Waals surface area contributed by atoms with E-state index >= 15 is 0 Å². The van der Waals surface area contributed by atoms with Gasteiger partial charge in [-0.3, -0.25) is 4.79 Å². The molecule has 0 aliphatic carbocycles. The summed E-state index contributed by atoms with van der Waals surface area (Å²) in [5.74, 6) is 0.118. The number of carbonyl (C=O) groups excluding carboxylic acids is 1. The number of nitrogens with zero attached hydrogens (tertiary/aromatic N) is 1. The van der Waals surface area contributed by atoms with E-state index in [1.165, 1.54) is 17.7 Å². The summed E-state index contributed by atoms with van der Waals surface area (Å²) in [6.07, 6.45) is 2.57. The average Bonchev–Trinajstić information content (AvgIpc) is 2.79. The fourth-order valence-electron chi connectivity index (χ4n) is 3.58. The van der Waals surface area contributed by atoms with Gasteiger partial charge < -0.3 is 15.5 Å². The summed E-state index contributed by atoms with van der Waals surface area (Å²) in [6.45, 7) is 2.22. The first-order chi connectivity index (χ1) is 15.0. The topological polar surface area (TPSA) is 73.0 Å². The quantitative estimate of drug-likeness (QED) is 0.391. The Morgan fingerprint density at radius 3 is 2.81 bits per heavy atom. The van der Waals surface area contributed by atoms with Crippen LogP contribution in [-0.2, 0) is 17.8 Å². The lowest BCUT2D eigenvalue weighted by Crippen LogP contribution is -2.94. The predicted molar refractivity (Wildman–Crippen MR) is 118 cm³/mol. The molecule has 4 rings (SSSR count). The lowest BCUT2D eigenvalue weighted by atomic mass is 10.1. The highest BCUT2D eigenvalue weighted by Crippen LogP contribution is 2.30. The van der Waals surface area contributed by atoms with Crippen molar-refractivity contribution in [2.24, 2.45) is 0 Å². The first kappa shape index (κ1) is 21.5. The second-order valence-electron chi connectivity index (χ2n) is 7.31. The van der Waals surface area contributed by atoms with Gasteiger partial charge in [-0.2, -0.15) is 0 Å². The highest BCUT2D eigenvalue weighted by atomic mass is 35.5. The number of amides is 1. The van der Waals surface area contributed by atoms with Crippen LogP contribution in [0, 0.1) is 5.82 Å². The Morgan fingerprint density at radius 2 is 2.00 bits per heavy atom. The Hall–Kier alpha value is -2.74. The maximum atomic E-state index is 13.9. The zero-order valence-electron chi connectivity index (χ0n) is 16.7. The van der Waals surface area contributed by atoms with Crippen molar-refractivity contribution in [3.05, 3.63) is 92.7 Å². The van der Waals surface area contributed by atoms with Crippen molar-refractivity contribution in [1.82, 2.24) is 21.0 Å². The van der Waals surface area contributed by atoms with E-state index in [0.717, 1.165) is 17.9 Å². The van der Waals surface area contributed by atoms with E-state index in [-0.39, 0.29) is 10.9 Å².